The predicted octanol–water partition coefficient (Wildman–Crippen LogP) is 4.77. The normalized spacial score (nSPS) is 17.7. The topological polar surface area (TPSA) is 94.1 Å². The first-order valence-electron chi connectivity index (χ1n) is 13.9. The van der Waals surface area contributed by atoms with Gasteiger partial charge in [-0.1, -0.05) is 48.9 Å². The van der Waals surface area contributed by atoms with Gasteiger partial charge in [-0.25, -0.2) is 0 Å². The largest absolute Gasteiger partial charge is 0.508 e. The molecular weight excluding hydrogens is 502 g/mol. The van der Waals surface area contributed by atoms with Crippen LogP contribution in [0.1, 0.15) is 46.3 Å². The van der Waals surface area contributed by atoms with Crippen molar-refractivity contribution in [1.29, 1.82) is 0 Å². The van der Waals surface area contributed by atoms with Crippen LogP contribution in [0.15, 0.2) is 66.4 Å². The highest BCUT2D eigenvalue weighted by atomic mass is 16.5. The summed E-state index contributed by atoms with van der Waals surface area (Å²) in [6.07, 6.45) is 4.47. The van der Waals surface area contributed by atoms with Gasteiger partial charge in [0, 0.05) is 31.8 Å². The third-order valence-corrected chi connectivity index (χ3v) is 7.40. The van der Waals surface area contributed by atoms with Gasteiger partial charge in [0.2, 0.25) is 6.41 Å². The Labute approximate surface area is 237 Å². The molecule has 2 aliphatic rings. The van der Waals surface area contributed by atoms with Crippen molar-refractivity contribution in [3.63, 3.8) is 0 Å². The van der Waals surface area contributed by atoms with E-state index in [0.717, 1.165) is 47.3 Å². The Hall–Kier alpha value is -3.97. The first-order valence-corrected chi connectivity index (χ1v) is 13.9. The van der Waals surface area contributed by atoms with Crippen molar-refractivity contribution in [1.82, 2.24) is 15.5 Å². The molecule has 2 atom stereocenters. The number of amides is 1. The first kappa shape index (κ1) is 29.0. The maximum atomic E-state index is 11.9. The Morgan fingerprint density at radius 3 is 2.60 bits per heavy atom. The van der Waals surface area contributed by atoms with Crippen LogP contribution in [0.3, 0.4) is 0 Å². The molecule has 5 rings (SSSR count). The summed E-state index contributed by atoms with van der Waals surface area (Å²) in [5.41, 5.74) is 7.69. The van der Waals surface area contributed by atoms with Crippen molar-refractivity contribution < 1.29 is 19.7 Å². The molecule has 1 amide bonds. The van der Waals surface area contributed by atoms with Crippen molar-refractivity contribution in [2.24, 2.45) is 5.92 Å². The highest BCUT2D eigenvalue weighted by molar-refractivity contribution is 5.58. The fraction of sp³-hybridized carbons (Fsp3) is 0.364. The summed E-state index contributed by atoms with van der Waals surface area (Å²) in [4.78, 5) is 13.7. The van der Waals surface area contributed by atoms with Crippen molar-refractivity contribution in [2.45, 2.75) is 39.7 Å². The minimum Gasteiger partial charge on any atom is -0.508 e. The van der Waals surface area contributed by atoms with E-state index >= 15 is 0 Å². The van der Waals surface area contributed by atoms with Crippen molar-refractivity contribution in [2.75, 3.05) is 33.3 Å². The molecule has 0 spiro atoms. The van der Waals surface area contributed by atoms with Gasteiger partial charge in [-0.2, -0.15) is 0 Å². The summed E-state index contributed by atoms with van der Waals surface area (Å²) in [5, 5.41) is 26.6. The van der Waals surface area contributed by atoms with Gasteiger partial charge in [-0.15, -0.1) is 0 Å². The molecule has 3 aromatic carbocycles. The molecule has 0 aliphatic carbocycles. The molecule has 212 valence electrons. The zero-order chi connectivity index (χ0) is 28.6. The smallest absolute Gasteiger partial charge is 0.210 e. The fourth-order valence-electron chi connectivity index (χ4n) is 5.42. The summed E-state index contributed by atoms with van der Waals surface area (Å²) >= 11 is 0. The number of likely N-dealkylation sites (N-methyl/N-ethyl adjacent to an activating group) is 1. The van der Waals surface area contributed by atoms with E-state index in [9.17, 15) is 15.0 Å². The first-order chi connectivity index (χ1) is 19.3. The van der Waals surface area contributed by atoms with Gasteiger partial charge in [0.25, 0.3) is 0 Å². The molecule has 7 nitrogen and oxygen atoms in total. The summed E-state index contributed by atoms with van der Waals surface area (Å²) in [6.45, 7) is 9.39. The minimum absolute atomic E-state index is 0.105. The van der Waals surface area contributed by atoms with Crippen LogP contribution < -0.4 is 15.4 Å². The van der Waals surface area contributed by atoms with Gasteiger partial charge in [-0.3, -0.25) is 4.79 Å². The highest BCUT2D eigenvalue weighted by Gasteiger charge is 2.30. The number of phenolic OH excluding ortho intramolecular Hbond substituents is 2. The van der Waals surface area contributed by atoms with Crippen LogP contribution in [0.5, 0.6) is 17.2 Å². The molecule has 2 aliphatic heterocycles. The molecule has 0 bridgehead atoms. The van der Waals surface area contributed by atoms with Crippen LogP contribution in [0, 0.1) is 19.8 Å². The second-order valence-corrected chi connectivity index (χ2v) is 10.7. The summed E-state index contributed by atoms with van der Waals surface area (Å²) in [6, 6.07) is 16.7. The number of nitrogens with one attached hydrogen (secondary N) is 2. The Bertz CT molecular complexity index is 1350. The molecule has 0 saturated carbocycles. The maximum Gasteiger partial charge on any atom is 0.210 e. The molecule has 0 aromatic heterocycles. The minimum atomic E-state index is -0.212. The SMILES string of the molecule is CNCC1=CC(C)CN1.Cc1ccc(C2c3cc(OCCc4cccc(O)c4)c(O)cc3CCN2C=O)c(C)c1. The third kappa shape index (κ3) is 7.16. The van der Waals surface area contributed by atoms with Crippen LogP contribution in [-0.4, -0.2) is 54.8 Å². The number of rotatable bonds is 8. The van der Waals surface area contributed by atoms with Crippen LogP contribution in [0.4, 0.5) is 0 Å². The van der Waals surface area contributed by atoms with Gasteiger partial charge >= 0.3 is 0 Å². The zero-order valence-electron chi connectivity index (χ0n) is 23.9. The third-order valence-electron chi connectivity index (χ3n) is 7.40. The monoisotopic (exact) mass is 543 g/mol. The number of aromatic hydroxyl groups is 2. The van der Waals surface area contributed by atoms with E-state index in [0.29, 0.717) is 37.7 Å². The Kier molecular flexibility index (Phi) is 9.72. The predicted molar refractivity (Wildman–Crippen MR) is 159 cm³/mol. The van der Waals surface area contributed by atoms with Crippen LogP contribution in [0.2, 0.25) is 0 Å². The quantitative estimate of drug-likeness (QED) is 0.306. The van der Waals surface area contributed by atoms with Gasteiger partial charge in [0.1, 0.15) is 5.75 Å². The molecular formula is C33H41N3O4. The highest BCUT2D eigenvalue weighted by Crippen LogP contribution is 2.41. The van der Waals surface area contributed by atoms with Gasteiger partial charge in [0.15, 0.2) is 11.5 Å². The average Bonchev–Trinajstić information content (AvgIpc) is 3.34. The lowest BCUT2D eigenvalue weighted by molar-refractivity contribution is -0.119. The number of hydrogen-bond donors (Lipinski definition) is 4. The number of phenols is 2. The summed E-state index contributed by atoms with van der Waals surface area (Å²) < 4.78 is 5.91. The number of fused-ring (bicyclic) bond motifs is 1. The van der Waals surface area contributed by atoms with E-state index in [1.54, 1.807) is 24.3 Å². The standard InChI is InChI=1S/C26H27NO4.C7H14N2/c1-17-6-7-22(18(2)12-17)26-23-15-25(24(30)14-20(23)8-10-27(26)16-28)31-11-9-19-4-3-5-21(29)13-19;1-6-3-7(5-8-2)9-4-6/h3-7,12-16,26,29-30H,8-11H2,1-2H3;3,6,8-9H,4-5H2,1-2H3. The summed E-state index contributed by atoms with van der Waals surface area (Å²) in [5.74, 6) is 1.45. The summed E-state index contributed by atoms with van der Waals surface area (Å²) in [7, 11) is 1.96. The molecule has 0 radical (unpaired) electrons. The van der Waals surface area contributed by atoms with Crippen LogP contribution in [-0.2, 0) is 17.6 Å². The molecule has 3 aromatic rings. The van der Waals surface area contributed by atoms with Crippen LogP contribution in [0.25, 0.3) is 0 Å². The number of hydrogen-bond acceptors (Lipinski definition) is 6. The van der Waals surface area contributed by atoms with Gasteiger partial charge in [0.05, 0.1) is 12.6 Å². The van der Waals surface area contributed by atoms with E-state index in [1.165, 1.54) is 11.3 Å². The number of carbonyl (C=O) groups is 1. The molecule has 2 heterocycles. The second kappa shape index (κ2) is 13.4. The van der Waals surface area contributed by atoms with Crippen molar-refractivity contribution >= 4 is 6.41 Å². The van der Waals surface area contributed by atoms with Crippen molar-refractivity contribution in [3.8, 4) is 17.2 Å². The molecule has 0 saturated heterocycles. The van der Waals surface area contributed by atoms with E-state index in [4.69, 9.17) is 4.74 Å². The van der Waals surface area contributed by atoms with E-state index in [-0.39, 0.29) is 17.5 Å². The number of carbonyl (C=O) groups excluding carboxylic acids is 1. The molecule has 2 unspecified atom stereocenters. The molecule has 4 N–H and O–H groups in total. The van der Waals surface area contributed by atoms with E-state index < -0.39 is 0 Å². The number of nitrogens with zero attached hydrogens (tertiary/aromatic N) is 1. The lowest BCUT2D eigenvalue weighted by Gasteiger charge is -2.36. The Morgan fingerprint density at radius 2 is 1.93 bits per heavy atom. The zero-order valence-corrected chi connectivity index (χ0v) is 23.9. The van der Waals surface area contributed by atoms with Crippen molar-refractivity contribution in [3.05, 3.63) is 99.8 Å². The molecule has 0 fully saturated rings. The lowest BCUT2D eigenvalue weighted by Crippen LogP contribution is -2.35. The Balaban J connectivity index is 0.000000350. The average molecular weight is 544 g/mol. The number of aryl methyl sites for hydroxylation is 2. The fourth-order valence-corrected chi connectivity index (χ4v) is 5.42. The Morgan fingerprint density at radius 1 is 1.10 bits per heavy atom. The second-order valence-electron chi connectivity index (χ2n) is 10.7. The maximum absolute atomic E-state index is 11.9. The van der Waals surface area contributed by atoms with E-state index in [2.05, 4.69) is 55.7 Å². The van der Waals surface area contributed by atoms with E-state index in [1.807, 2.05) is 24.1 Å². The lowest BCUT2D eigenvalue weighted by atomic mass is 9.86. The molecule has 7 heteroatoms. The van der Waals surface area contributed by atoms with Crippen LogP contribution >= 0.6 is 0 Å². The van der Waals surface area contributed by atoms with Gasteiger partial charge < -0.3 is 30.5 Å². The molecule has 40 heavy (non-hydrogen) atoms. The number of ether oxygens (including phenoxy) is 1. The number of benzene rings is 3. The van der Waals surface area contributed by atoms with Gasteiger partial charge in [-0.05, 0) is 85.3 Å².